The van der Waals surface area contributed by atoms with Gasteiger partial charge in [0.05, 0.1) is 7.11 Å². The van der Waals surface area contributed by atoms with Crippen molar-refractivity contribution in [3.05, 3.63) is 34.3 Å². The molecule has 0 saturated carbocycles. The lowest BCUT2D eigenvalue weighted by molar-refractivity contribution is -0.139. The fourth-order valence-corrected chi connectivity index (χ4v) is 1.50. The van der Waals surface area contributed by atoms with E-state index in [0.29, 0.717) is 0 Å². The van der Waals surface area contributed by atoms with E-state index < -0.39 is 0 Å². The molecule has 0 unspecified atom stereocenters. The molecule has 16 heavy (non-hydrogen) atoms. The SMILES string of the molecule is COc1ccc(Br)c(/C=C/COC(C)=O)c1. The van der Waals surface area contributed by atoms with Crippen molar-refractivity contribution in [3.63, 3.8) is 0 Å². The third-order valence-corrected chi connectivity index (χ3v) is 2.61. The highest BCUT2D eigenvalue weighted by Gasteiger charge is 1.98. The van der Waals surface area contributed by atoms with Gasteiger partial charge in [-0.2, -0.15) is 0 Å². The first-order chi connectivity index (χ1) is 7.63. The standard InChI is InChI=1S/C12H13BrO3/c1-9(14)16-7-3-4-10-8-11(15-2)5-6-12(10)13/h3-6,8H,7H2,1-2H3/b4-3+. The zero-order chi connectivity index (χ0) is 12.0. The molecule has 0 radical (unpaired) electrons. The highest BCUT2D eigenvalue weighted by Crippen LogP contribution is 2.23. The zero-order valence-electron chi connectivity index (χ0n) is 9.20. The molecule has 86 valence electrons. The molecule has 0 aliphatic heterocycles. The Morgan fingerprint density at radius 2 is 2.25 bits per heavy atom. The molecular formula is C12H13BrO3. The van der Waals surface area contributed by atoms with E-state index in [2.05, 4.69) is 15.9 Å². The number of esters is 1. The summed E-state index contributed by atoms with van der Waals surface area (Å²) in [5.41, 5.74) is 0.978. The molecule has 0 aliphatic carbocycles. The maximum atomic E-state index is 10.5. The van der Waals surface area contributed by atoms with E-state index in [1.807, 2.05) is 24.3 Å². The van der Waals surface area contributed by atoms with Gasteiger partial charge in [0, 0.05) is 11.4 Å². The Hall–Kier alpha value is -1.29. The second kappa shape index (κ2) is 6.33. The summed E-state index contributed by atoms with van der Waals surface area (Å²) >= 11 is 3.43. The summed E-state index contributed by atoms with van der Waals surface area (Å²) in [7, 11) is 1.62. The minimum absolute atomic E-state index is 0.277. The van der Waals surface area contributed by atoms with E-state index in [4.69, 9.17) is 9.47 Å². The number of rotatable bonds is 4. The fraction of sp³-hybridized carbons (Fsp3) is 0.250. The van der Waals surface area contributed by atoms with E-state index in [9.17, 15) is 4.79 Å². The van der Waals surface area contributed by atoms with Gasteiger partial charge in [-0.25, -0.2) is 0 Å². The van der Waals surface area contributed by atoms with Gasteiger partial charge in [-0.1, -0.05) is 22.0 Å². The van der Waals surface area contributed by atoms with Crippen molar-refractivity contribution in [2.75, 3.05) is 13.7 Å². The Bertz CT molecular complexity index is 399. The minimum Gasteiger partial charge on any atom is -0.497 e. The third kappa shape index (κ3) is 4.06. The molecule has 0 aromatic heterocycles. The molecule has 0 amide bonds. The summed E-state index contributed by atoms with van der Waals surface area (Å²) in [4.78, 5) is 10.5. The zero-order valence-corrected chi connectivity index (χ0v) is 10.8. The third-order valence-electron chi connectivity index (χ3n) is 1.88. The maximum absolute atomic E-state index is 10.5. The summed E-state index contributed by atoms with van der Waals surface area (Å²) in [5.74, 6) is 0.504. The van der Waals surface area contributed by atoms with Crippen LogP contribution in [0.5, 0.6) is 5.75 Å². The smallest absolute Gasteiger partial charge is 0.302 e. The monoisotopic (exact) mass is 284 g/mol. The predicted octanol–water partition coefficient (Wildman–Crippen LogP) is 3.03. The molecule has 1 aromatic rings. The topological polar surface area (TPSA) is 35.5 Å². The number of ether oxygens (including phenoxy) is 2. The van der Waals surface area contributed by atoms with Crippen LogP contribution in [0.1, 0.15) is 12.5 Å². The molecule has 0 fully saturated rings. The van der Waals surface area contributed by atoms with Gasteiger partial charge in [0.25, 0.3) is 0 Å². The first kappa shape index (κ1) is 12.8. The number of hydrogen-bond acceptors (Lipinski definition) is 3. The van der Waals surface area contributed by atoms with Crippen LogP contribution in [0.2, 0.25) is 0 Å². The van der Waals surface area contributed by atoms with E-state index in [0.717, 1.165) is 15.8 Å². The average Bonchev–Trinajstić information content (AvgIpc) is 2.26. The van der Waals surface area contributed by atoms with Crippen molar-refractivity contribution in [1.29, 1.82) is 0 Å². The molecule has 1 rings (SSSR count). The number of methoxy groups -OCH3 is 1. The van der Waals surface area contributed by atoms with Crippen molar-refractivity contribution < 1.29 is 14.3 Å². The van der Waals surface area contributed by atoms with Crippen molar-refractivity contribution in [2.24, 2.45) is 0 Å². The summed E-state index contributed by atoms with van der Waals surface area (Å²) < 4.78 is 10.9. The van der Waals surface area contributed by atoms with Crippen LogP contribution in [0, 0.1) is 0 Å². The Kier molecular flexibility index (Phi) is 5.05. The average molecular weight is 285 g/mol. The number of halogens is 1. The van der Waals surface area contributed by atoms with Crippen LogP contribution in [0.3, 0.4) is 0 Å². The predicted molar refractivity (Wildman–Crippen MR) is 66.4 cm³/mol. The van der Waals surface area contributed by atoms with Gasteiger partial charge in [-0.3, -0.25) is 4.79 Å². The van der Waals surface area contributed by atoms with Crippen LogP contribution in [-0.2, 0) is 9.53 Å². The summed E-state index contributed by atoms with van der Waals surface area (Å²) in [6, 6.07) is 5.67. The lowest BCUT2D eigenvalue weighted by Gasteiger charge is -2.03. The lowest BCUT2D eigenvalue weighted by Crippen LogP contribution is -1.97. The normalized spacial score (nSPS) is 10.4. The molecule has 0 bridgehead atoms. The largest absolute Gasteiger partial charge is 0.497 e. The van der Waals surface area contributed by atoms with Gasteiger partial charge < -0.3 is 9.47 Å². The Labute approximate surface area is 103 Å². The minimum atomic E-state index is -0.283. The summed E-state index contributed by atoms with van der Waals surface area (Å²) in [6.45, 7) is 1.66. The first-order valence-corrected chi connectivity index (χ1v) is 5.56. The Morgan fingerprint density at radius 3 is 2.88 bits per heavy atom. The highest BCUT2D eigenvalue weighted by molar-refractivity contribution is 9.10. The van der Waals surface area contributed by atoms with Crippen molar-refractivity contribution in [2.45, 2.75) is 6.92 Å². The van der Waals surface area contributed by atoms with E-state index >= 15 is 0 Å². The van der Waals surface area contributed by atoms with Crippen LogP contribution >= 0.6 is 15.9 Å². The maximum Gasteiger partial charge on any atom is 0.302 e. The van der Waals surface area contributed by atoms with Crippen LogP contribution in [0.25, 0.3) is 6.08 Å². The molecule has 0 aliphatic rings. The molecule has 3 nitrogen and oxygen atoms in total. The van der Waals surface area contributed by atoms with E-state index in [1.54, 1.807) is 13.2 Å². The fourth-order valence-electron chi connectivity index (χ4n) is 1.12. The van der Waals surface area contributed by atoms with Gasteiger partial charge >= 0.3 is 5.97 Å². The van der Waals surface area contributed by atoms with Gasteiger partial charge in [-0.05, 0) is 29.8 Å². The molecule has 0 spiro atoms. The van der Waals surface area contributed by atoms with Crippen LogP contribution in [-0.4, -0.2) is 19.7 Å². The first-order valence-electron chi connectivity index (χ1n) is 4.77. The van der Waals surface area contributed by atoms with Crippen molar-refractivity contribution >= 4 is 28.0 Å². The van der Waals surface area contributed by atoms with Crippen molar-refractivity contribution in [3.8, 4) is 5.75 Å². The van der Waals surface area contributed by atoms with Gasteiger partial charge in [-0.15, -0.1) is 0 Å². The quantitative estimate of drug-likeness (QED) is 0.798. The number of hydrogen-bond donors (Lipinski definition) is 0. The summed E-state index contributed by atoms with van der Waals surface area (Å²) in [6.07, 6.45) is 3.65. The number of carbonyl (C=O) groups excluding carboxylic acids is 1. The van der Waals surface area contributed by atoms with Crippen LogP contribution in [0.15, 0.2) is 28.7 Å². The van der Waals surface area contributed by atoms with Gasteiger partial charge in [0.2, 0.25) is 0 Å². The number of carbonyl (C=O) groups is 1. The molecule has 0 atom stereocenters. The number of benzene rings is 1. The second-order valence-corrected chi connectivity index (χ2v) is 3.95. The Balaban J connectivity index is 2.68. The molecule has 1 aromatic carbocycles. The molecule has 0 heterocycles. The molecule has 0 N–H and O–H groups in total. The van der Waals surface area contributed by atoms with E-state index in [-0.39, 0.29) is 12.6 Å². The van der Waals surface area contributed by atoms with Crippen LogP contribution in [0.4, 0.5) is 0 Å². The summed E-state index contributed by atoms with van der Waals surface area (Å²) in [5, 5.41) is 0. The lowest BCUT2D eigenvalue weighted by atomic mass is 10.2. The van der Waals surface area contributed by atoms with Gasteiger partial charge in [0.1, 0.15) is 12.4 Å². The van der Waals surface area contributed by atoms with Gasteiger partial charge in [0.15, 0.2) is 0 Å². The molecular weight excluding hydrogens is 272 g/mol. The van der Waals surface area contributed by atoms with Crippen molar-refractivity contribution in [1.82, 2.24) is 0 Å². The molecule has 4 heteroatoms. The highest BCUT2D eigenvalue weighted by atomic mass is 79.9. The second-order valence-electron chi connectivity index (χ2n) is 3.09. The van der Waals surface area contributed by atoms with Crippen LogP contribution < -0.4 is 4.74 Å². The Morgan fingerprint density at radius 1 is 1.50 bits per heavy atom. The van der Waals surface area contributed by atoms with E-state index in [1.165, 1.54) is 6.92 Å². The molecule has 0 saturated heterocycles.